The second kappa shape index (κ2) is 34.8. The Bertz CT molecular complexity index is 1080. The Morgan fingerprint density at radius 3 is 1.58 bits per heavy atom. The molecule has 0 saturated heterocycles. The fourth-order valence-electron chi connectivity index (χ4n) is 5.26. The first kappa shape index (κ1) is 48.8. The Balaban J connectivity index is 4.48. The number of rotatable bonds is 34. The van der Waals surface area contributed by atoms with Crippen LogP contribution >= 0.6 is 0 Å². The molecule has 0 spiro atoms. The van der Waals surface area contributed by atoms with Crippen molar-refractivity contribution in [3.05, 3.63) is 72.9 Å². The molecule has 8 heteroatoms. The lowest BCUT2D eigenvalue weighted by Gasteiger charge is -2.34. The maximum Gasteiger partial charge on any atom is 0.306 e. The Labute approximate surface area is 317 Å². The zero-order valence-corrected chi connectivity index (χ0v) is 33.4. The first-order valence-electron chi connectivity index (χ1n) is 20.0. The summed E-state index contributed by atoms with van der Waals surface area (Å²) in [5.41, 5.74) is 0. The normalized spacial score (nSPS) is 13.8. The van der Waals surface area contributed by atoms with E-state index in [2.05, 4.69) is 86.8 Å². The molecule has 0 aromatic carbocycles. The van der Waals surface area contributed by atoms with Gasteiger partial charge in [-0.15, -0.1) is 0 Å². The van der Waals surface area contributed by atoms with E-state index in [1.807, 2.05) is 0 Å². The topological polar surface area (TPSA) is 102 Å². The van der Waals surface area contributed by atoms with Gasteiger partial charge in [0.05, 0.1) is 40.3 Å². The summed E-state index contributed by atoms with van der Waals surface area (Å²) < 4.78 is 17.0. The molecule has 0 N–H and O–H groups in total. The highest BCUT2D eigenvalue weighted by Crippen LogP contribution is 2.12. The first-order valence-corrected chi connectivity index (χ1v) is 20.0. The number of hydrogen-bond donors (Lipinski definition) is 0. The van der Waals surface area contributed by atoms with E-state index in [0.29, 0.717) is 12.8 Å². The number of carboxylic acid groups (broad SMARTS) is 1. The van der Waals surface area contributed by atoms with Gasteiger partial charge in [-0.05, 0) is 57.8 Å². The number of carbonyl (C=O) groups excluding carboxylic acids is 3. The van der Waals surface area contributed by atoms with Crippen molar-refractivity contribution in [3.63, 3.8) is 0 Å². The lowest BCUT2D eigenvalue weighted by molar-refractivity contribution is -0.889. The predicted molar refractivity (Wildman–Crippen MR) is 212 cm³/mol. The molecule has 0 fully saturated rings. The van der Waals surface area contributed by atoms with Crippen LogP contribution in [-0.4, -0.2) is 75.5 Å². The highest BCUT2D eigenvalue weighted by Gasteiger charge is 2.25. The Morgan fingerprint density at radius 2 is 1.08 bits per heavy atom. The number of carbonyl (C=O) groups is 3. The standard InChI is InChI=1S/C44H73NO7/c1-6-8-10-12-14-16-17-18-19-20-21-22-23-24-25-26-27-29-31-33-35-43(47)52-40(38-50-37-36-41(44(48)49)45(3,4)5)39-51-42(46)34-32-30-28-15-13-11-9-7-2/h8,10,14,16,18-19,21-22,24-25,27,29,40-41H,6-7,9,11-13,15,17,20,23,26,28,30-39H2,1-5H3/b10-8+,16-14+,19-18+,22-21+,25-24+,29-27+. The van der Waals surface area contributed by atoms with Crippen molar-refractivity contribution in [2.75, 3.05) is 41.0 Å². The van der Waals surface area contributed by atoms with Gasteiger partial charge in [0, 0.05) is 19.3 Å². The number of likely N-dealkylation sites (N-methyl/N-ethyl adjacent to an activating group) is 1. The highest BCUT2D eigenvalue weighted by atomic mass is 16.6. The number of unbranched alkanes of at least 4 members (excludes halogenated alkanes) is 8. The molecule has 0 aliphatic carbocycles. The van der Waals surface area contributed by atoms with Crippen LogP contribution in [0.5, 0.6) is 0 Å². The van der Waals surface area contributed by atoms with Gasteiger partial charge in [0.2, 0.25) is 0 Å². The molecule has 0 rings (SSSR count). The summed E-state index contributed by atoms with van der Waals surface area (Å²) >= 11 is 0. The van der Waals surface area contributed by atoms with E-state index in [4.69, 9.17) is 14.2 Å². The largest absolute Gasteiger partial charge is 0.544 e. The molecular formula is C44H73NO7. The maximum atomic E-state index is 12.6. The number of aliphatic carboxylic acids is 1. The highest BCUT2D eigenvalue weighted by molar-refractivity contribution is 5.70. The van der Waals surface area contributed by atoms with Crippen LogP contribution < -0.4 is 5.11 Å². The molecule has 0 radical (unpaired) electrons. The van der Waals surface area contributed by atoms with Crippen molar-refractivity contribution < 1.29 is 38.2 Å². The zero-order valence-electron chi connectivity index (χ0n) is 33.4. The molecule has 0 aliphatic heterocycles. The maximum absolute atomic E-state index is 12.6. The molecule has 0 bridgehead atoms. The third-order valence-electron chi connectivity index (χ3n) is 8.36. The molecule has 0 saturated carbocycles. The van der Waals surface area contributed by atoms with Gasteiger partial charge >= 0.3 is 11.9 Å². The summed E-state index contributed by atoms with van der Waals surface area (Å²) in [5.74, 6) is -1.83. The summed E-state index contributed by atoms with van der Waals surface area (Å²) in [6.07, 6.45) is 42.3. The second-order valence-electron chi connectivity index (χ2n) is 14.1. The fraction of sp³-hybridized carbons (Fsp3) is 0.659. The van der Waals surface area contributed by atoms with Crippen LogP contribution in [0.2, 0.25) is 0 Å². The number of ether oxygens (including phenoxy) is 3. The van der Waals surface area contributed by atoms with E-state index < -0.39 is 18.1 Å². The van der Waals surface area contributed by atoms with Crippen LogP contribution in [-0.2, 0) is 28.6 Å². The predicted octanol–water partition coefficient (Wildman–Crippen LogP) is 9.07. The van der Waals surface area contributed by atoms with Gasteiger partial charge in [-0.3, -0.25) is 9.59 Å². The van der Waals surface area contributed by atoms with Gasteiger partial charge in [-0.2, -0.15) is 0 Å². The van der Waals surface area contributed by atoms with Crippen LogP contribution in [0.4, 0.5) is 0 Å². The lowest BCUT2D eigenvalue weighted by Crippen LogP contribution is -2.55. The summed E-state index contributed by atoms with van der Waals surface area (Å²) in [7, 11) is 5.37. The van der Waals surface area contributed by atoms with Gasteiger partial charge < -0.3 is 28.6 Å². The molecule has 0 heterocycles. The number of allylic oxidation sites excluding steroid dienone is 12. The van der Waals surface area contributed by atoms with Crippen molar-refractivity contribution in [2.24, 2.45) is 0 Å². The van der Waals surface area contributed by atoms with Crippen molar-refractivity contribution in [2.45, 2.75) is 148 Å². The van der Waals surface area contributed by atoms with Gasteiger partial charge in [-0.25, -0.2) is 0 Å². The molecule has 2 unspecified atom stereocenters. The van der Waals surface area contributed by atoms with E-state index in [1.165, 1.54) is 32.1 Å². The lowest BCUT2D eigenvalue weighted by atomic mass is 10.1. The number of hydrogen-bond acceptors (Lipinski definition) is 7. The quantitative estimate of drug-likeness (QED) is 0.0282. The molecule has 8 nitrogen and oxygen atoms in total. The molecule has 296 valence electrons. The third kappa shape index (κ3) is 32.7. The Morgan fingerprint density at radius 1 is 0.596 bits per heavy atom. The Hall–Kier alpha value is -3.23. The summed E-state index contributed by atoms with van der Waals surface area (Å²) in [6, 6.07) is -0.737. The minimum Gasteiger partial charge on any atom is -0.544 e. The number of carboxylic acids is 1. The van der Waals surface area contributed by atoms with Crippen LogP contribution in [0.15, 0.2) is 72.9 Å². The summed E-state index contributed by atoms with van der Waals surface area (Å²) in [4.78, 5) is 36.6. The molecule has 52 heavy (non-hydrogen) atoms. The van der Waals surface area contributed by atoms with E-state index in [9.17, 15) is 19.5 Å². The number of quaternary nitrogens is 1. The van der Waals surface area contributed by atoms with Gasteiger partial charge in [-0.1, -0.05) is 132 Å². The van der Waals surface area contributed by atoms with Crippen molar-refractivity contribution in [1.82, 2.24) is 0 Å². The summed E-state index contributed by atoms with van der Waals surface area (Å²) in [5, 5.41) is 11.6. The molecular weight excluding hydrogens is 654 g/mol. The fourth-order valence-corrected chi connectivity index (χ4v) is 5.26. The van der Waals surface area contributed by atoms with Crippen LogP contribution in [0.1, 0.15) is 136 Å². The molecule has 2 atom stereocenters. The summed E-state index contributed by atoms with van der Waals surface area (Å²) in [6.45, 7) is 4.43. The van der Waals surface area contributed by atoms with Crippen LogP contribution in [0.3, 0.4) is 0 Å². The molecule has 0 aliphatic rings. The van der Waals surface area contributed by atoms with Gasteiger partial charge in [0.25, 0.3) is 0 Å². The number of nitrogens with zero attached hydrogens (tertiary/aromatic N) is 1. The van der Waals surface area contributed by atoms with Crippen molar-refractivity contribution in [1.29, 1.82) is 0 Å². The molecule has 0 aromatic rings. The smallest absolute Gasteiger partial charge is 0.306 e. The molecule has 0 amide bonds. The van der Waals surface area contributed by atoms with Crippen LogP contribution in [0.25, 0.3) is 0 Å². The minimum absolute atomic E-state index is 0.0147. The van der Waals surface area contributed by atoms with Gasteiger partial charge in [0.1, 0.15) is 12.6 Å². The average molecular weight is 728 g/mol. The Kier molecular flexibility index (Phi) is 32.7. The molecule has 0 aromatic heterocycles. The third-order valence-corrected chi connectivity index (χ3v) is 8.36. The van der Waals surface area contributed by atoms with E-state index in [1.54, 1.807) is 21.1 Å². The van der Waals surface area contributed by atoms with E-state index >= 15 is 0 Å². The first-order chi connectivity index (χ1) is 25.1. The SMILES string of the molecule is CC/C=C/C/C=C/C/C=C/C/C=C/C/C=C/C/C=C/CCCC(=O)OC(COCCC(C(=O)[O-])[N+](C)(C)C)COC(=O)CCCCCCCCCC. The van der Waals surface area contributed by atoms with Gasteiger partial charge in [0.15, 0.2) is 6.10 Å². The van der Waals surface area contributed by atoms with Crippen molar-refractivity contribution >= 4 is 17.9 Å². The average Bonchev–Trinajstić information content (AvgIpc) is 3.09. The van der Waals surface area contributed by atoms with Crippen LogP contribution in [0, 0.1) is 0 Å². The second-order valence-corrected chi connectivity index (χ2v) is 14.1. The van der Waals surface area contributed by atoms with E-state index in [-0.39, 0.29) is 49.1 Å². The monoisotopic (exact) mass is 728 g/mol. The van der Waals surface area contributed by atoms with E-state index in [0.717, 1.165) is 64.2 Å². The minimum atomic E-state index is -1.14. The zero-order chi connectivity index (χ0) is 38.5. The number of esters is 2. The van der Waals surface area contributed by atoms with Crippen molar-refractivity contribution in [3.8, 4) is 0 Å².